The number of anilines is 1. The van der Waals surface area contributed by atoms with Crippen molar-refractivity contribution in [2.24, 2.45) is 12.1 Å². The molecule has 0 saturated heterocycles. The van der Waals surface area contributed by atoms with Crippen LogP contribution in [0, 0.1) is 5.82 Å². The largest absolute Gasteiger partial charge is 0.280 e. The Hall–Kier alpha value is -2.54. The fourth-order valence-corrected chi connectivity index (χ4v) is 4.35. The Morgan fingerprint density at radius 1 is 1.28 bits per heavy atom. The zero-order valence-electron chi connectivity index (χ0n) is 13.8. The molecule has 0 atom stereocenters. The van der Waals surface area contributed by atoms with Gasteiger partial charge in [-0.15, -0.1) is 11.3 Å². The molecule has 2 heterocycles. The van der Waals surface area contributed by atoms with E-state index in [9.17, 15) is 9.18 Å². The minimum absolute atomic E-state index is 0.0381. The van der Waals surface area contributed by atoms with Crippen molar-refractivity contribution < 1.29 is 4.39 Å². The maximum absolute atomic E-state index is 12.9. The minimum atomic E-state index is -0.290. The standard InChI is InChI=1S/C18H17FN4OS/c1-23-17(24)15-13-4-2-3-5-14(13)25-16(15)21-18(23)22-20-10-11-6-8-12(19)9-7-11/h6-10H,2-5H2,1H3,(H,21,22)/b20-10+. The van der Waals surface area contributed by atoms with Gasteiger partial charge in [-0.2, -0.15) is 5.10 Å². The van der Waals surface area contributed by atoms with Crippen LogP contribution in [0.2, 0.25) is 0 Å². The van der Waals surface area contributed by atoms with Gasteiger partial charge in [0.25, 0.3) is 5.56 Å². The van der Waals surface area contributed by atoms with E-state index in [0.717, 1.165) is 35.0 Å². The molecule has 5 nitrogen and oxygen atoms in total. The molecule has 128 valence electrons. The monoisotopic (exact) mass is 356 g/mol. The van der Waals surface area contributed by atoms with Gasteiger partial charge in [0.2, 0.25) is 5.95 Å². The average molecular weight is 356 g/mol. The van der Waals surface area contributed by atoms with Crippen LogP contribution in [-0.4, -0.2) is 15.8 Å². The van der Waals surface area contributed by atoms with Crippen molar-refractivity contribution in [2.75, 3.05) is 5.43 Å². The second-order valence-electron chi connectivity index (χ2n) is 6.11. The SMILES string of the molecule is Cn1c(N/N=C/c2ccc(F)cc2)nc2sc3c(c2c1=O)CCCC3. The van der Waals surface area contributed by atoms with Crippen molar-refractivity contribution in [3.05, 3.63) is 56.4 Å². The quantitative estimate of drug-likeness (QED) is 0.577. The van der Waals surface area contributed by atoms with Crippen LogP contribution in [0.4, 0.5) is 10.3 Å². The predicted molar refractivity (Wildman–Crippen MR) is 99.1 cm³/mol. The summed E-state index contributed by atoms with van der Waals surface area (Å²) in [4.78, 5) is 19.4. The van der Waals surface area contributed by atoms with Crippen LogP contribution < -0.4 is 11.0 Å². The second-order valence-corrected chi connectivity index (χ2v) is 7.20. The molecular weight excluding hydrogens is 339 g/mol. The molecule has 0 aliphatic heterocycles. The summed E-state index contributed by atoms with van der Waals surface area (Å²) >= 11 is 1.61. The fraction of sp³-hybridized carbons (Fsp3) is 0.278. The van der Waals surface area contributed by atoms with Crippen LogP contribution in [0.15, 0.2) is 34.2 Å². The first kappa shape index (κ1) is 16.0. The van der Waals surface area contributed by atoms with Crippen LogP contribution in [0.3, 0.4) is 0 Å². The number of hydrogen-bond acceptors (Lipinski definition) is 5. The molecule has 1 aliphatic rings. The fourth-order valence-electron chi connectivity index (χ4n) is 3.10. The van der Waals surface area contributed by atoms with Crippen molar-refractivity contribution in [3.8, 4) is 0 Å². The van der Waals surface area contributed by atoms with E-state index >= 15 is 0 Å². The highest BCUT2D eigenvalue weighted by molar-refractivity contribution is 7.18. The molecule has 4 rings (SSSR count). The number of aryl methyl sites for hydroxylation is 2. The number of thiophene rings is 1. The molecule has 1 N–H and O–H groups in total. The summed E-state index contributed by atoms with van der Waals surface area (Å²) in [7, 11) is 1.69. The summed E-state index contributed by atoms with van der Waals surface area (Å²) in [6.45, 7) is 0. The molecule has 0 amide bonds. The van der Waals surface area contributed by atoms with Crippen molar-refractivity contribution in [3.63, 3.8) is 0 Å². The zero-order valence-corrected chi connectivity index (χ0v) is 14.6. The molecule has 0 unspecified atom stereocenters. The van der Waals surface area contributed by atoms with Crippen LogP contribution in [0.1, 0.15) is 28.8 Å². The lowest BCUT2D eigenvalue weighted by molar-refractivity contribution is 0.628. The van der Waals surface area contributed by atoms with Gasteiger partial charge >= 0.3 is 0 Å². The predicted octanol–water partition coefficient (Wildman–Crippen LogP) is 3.46. The molecule has 7 heteroatoms. The number of fused-ring (bicyclic) bond motifs is 3. The minimum Gasteiger partial charge on any atom is -0.280 e. The Labute approximate surface area is 147 Å². The highest BCUT2D eigenvalue weighted by Gasteiger charge is 2.20. The maximum Gasteiger partial charge on any atom is 0.263 e. The molecule has 0 fully saturated rings. The van der Waals surface area contributed by atoms with E-state index < -0.39 is 0 Å². The van der Waals surface area contributed by atoms with Crippen molar-refractivity contribution in [2.45, 2.75) is 25.7 Å². The van der Waals surface area contributed by atoms with E-state index in [-0.39, 0.29) is 11.4 Å². The number of hydrazone groups is 1. The van der Waals surface area contributed by atoms with Gasteiger partial charge in [0.05, 0.1) is 11.6 Å². The Kier molecular flexibility index (Phi) is 4.09. The van der Waals surface area contributed by atoms with Crippen molar-refractivity contribution in [1.29, 1.82) is 0 Å². The topological polar surface area (TPSA) is 59.3 Å². The highest BCUT2D eigenvalue weighted by atomic mass is 32.1. The lowest BCUT2D eigenvalue weighted by atomic mass is 9.97. The van der Waals surface area contributed by atoms with Gasteiger partial charge < -0.3 is 0 Å². The summed E-state index contributed by atoms with van der Waals surface area (Å²) in [6, 6.07) is 6.00. The molecule has 1 aliphatic carbocycles. The molecule has 25 heavy (non-hydrogen) atoms. The van der Waals surface area contributed by atoms with Gasteiger partial charge in [-0.1, -0.05) is 12.1 Å². The molecule has 0 saturated carbocycles. The van der Waals surface area contributed by atoms with E-state index in [2.05, 4.69) is 15.5 Å². The van der Waals surface area contributed by atoms with Crippen LogP contribution in [0.5, 0.6) is 0 Å². The number of halogens is 1. The van der Waals surface area contributed by atoms with E-state index in [4.69, 9.17) is 0 Å². The maximum atomic E-state index is 12.9. The first-order valence-corrected chi connectivity index (χ1v) is 9.01. The van der Waals surface area contributed by atoms with E-state index in [1.807, 2.05) is 0 Å². The molecule has 0 spiro atoms. The lowest BCUT2D eigenvalue weighted by Gasteiger charge is -2.10. The molecule has 0 radical (unpaired) electrons. The molecule has 1 aromatic carbocycles. The van der Waals surface area contributed by atoms with E-state index in [0.29, 0.717) is 5.95 Å². The third-order valence-corrected chi connectivity index (χ3v) is 5.63. The molecular formula is C18H17FN4OS. The highest BCUT2D eigenvalue weighted by Crippen LogP contribution is 2.34. The second kappa shape index (κ2) is 6.40. The Morgan fingerprint density at radius 2 is 2.04 bits per heavy atom. The number of nitrogens with one attached hydrogen (secondary N) is 1. The summed E-state index contributed by atoms with van der Waals surface area (Å²) in [5.74, 6) is 0.107. The van der Waals surface area contributed by atoms with Gasteiger partial charge in [-0.3, -0.25) is 9.36 Å². The van der Waals surface area contributed by atoms with E-state index in [1.165, 1.54) is 33.6 Å². The number of rotatable bonds is 3. The van der Waals surface area contributed by atoms with Crippen LogP contribution in [0.25, 0.3) is 10.2 Å². The van der Waals surface area contributed by atoms with Crippen LogP contribution >= 0.6 is 11.3 Å². The third-order valence-electron chi connectivity index (χ3n) is 4.44. The Balaban J connectivity index is 1.67. The Morgan fingerprint density at radius 3 is 2.84 bits per heavy atom. The molecule has 0 bridgehead atoms. The smallest absolute Gasteiger partial charge is 0.263 e. The summed E-state index contributed by atoms with van der Waals surface area (Å²) < 4.78 is 14.4. The number of aromatic nitrogens is 2. The van der Waals surface area contributed by atoms with Crippen LogP contribution in [-0.2, 0) is 19.9 Å². The van der Waals surface area contributed by atoms with Gasteiger partial charge in [0.15, 0.2) is 0 Å². The van der Waals surface area contributed by atoms with Gasteiger partial charge in [-0.25, -0.2) is 14.8 Å². The molecule has 3 aromatic rings. The number of benzene rings is 1. The van der Waals surface area contributed by atoms with Crippen molar-refractivity contribution >= 4 is 33.7 Å². The zero-order chi connectivity index (χ0) is 17.4. The van der Waals surface area contributed by atoms with Crippen molar-refractivity contribution in [1.82, 2.24) is 9.55 Å². The van der Waals surface area contributed by atoms with Gasteiger partial charge in [0.1, 0.15) is 10.6 Å². The average Bonchev–Trinajstić information content (AvgIpc) is 2.99. The van der Waals surface area contributed by atoms with Gasteiger partial charge in [0, 0.05) is 11.9 Å². The summed E-state index contributed by atoms with van der Waals surface area (Å²) in [5, 5.41) is 4.88. The normalized spacial score (nSPS) is 14.2. The third kappa shape index (κ3) is 2.95. The van der Waals surface area contributed by atoms with Gasteiger partial charge in [-0.05, 0) is 48.9 Å². The first-order valence-electron chi connectivity index (χ1n) is 8.19. The first-order chi connectivity index (χ1) is 12.1. The number of hydrogen-bond donors (Lipinski definition) is 1. The molecule has 2 aromatic heterocycles. The Bertz CT molecular complexity index is 1020. The lowest BCUT2D eigenvalue weighted by Crippen LogP contribution is -2.21. The summed E-state index contributed by atoms with van der Waals surface area (Å²) in [5.41, 5.74) is 4.72. The van der Waals surface area contributed by atoms with E-state index in [1.54, 1.807) is 36.7 Å². The summed E-state index contributed by atoms with van der Waals surface area (Å²) in [6.07, 6.45) is 5.86. The number of nitrogens with zero attached hydrogens (tertiary/aromatic N) is 3.